The second-order valence-electron chi connectivity index (χ2n) is 7.20. The lowest BCUT2D eigenvalue weighted by atomic mass is 10.0. The minimum absolute atomic E-state index is 0.0968. The van der Waals surface area contributed by atoms with Crippen molar-refractivity contribution in [1.82, 2.24) is 0 Å². The highest BCUT2D eigenvalue weighted by atomic mass is 19.1. The lowest BCUT2D eigenvalue weighted by molar-refractivity contribution is 0.304. The molecule has 0 aromatic heterocycles. The van der Waals surface area contributed by atoms with Gasteiger partial charge < -0.3 is 10.1 Å². The largest absolute Gasteiger partial charge is 0.489 e. The molecular formula is C27H18F2N2O. The molecule has 0 amide bonds. The Morgan fingerprint density at radius 2 is 1.38 bits per heavy atom. The summed E-state index contributed by atoms with van der Waals surface area (Å²) in [5, 5.41) is 16.1. The van der Waals surface area contributed by atoms with Crippen LogP contribution in [0.4, 0.5) is 8.78 Å². The van der Waals surface area contributed by atoms with Crippen molar-refractivity contribution in [1.29, 1.82) is 10.7 Å². The molecule has 156 valence electrons. The van der Waals surface area contributed by atoms with Gasteiger partial charge in [0.05, 0.1) is 11.6 Å². The van der Waals surface area contributed by atoms with Crippen molar-refractivity contribution < 1.29 is 13.5 Å². The van der Waals surface area contributed by atoms with E-state index in [1.165, 1.54) is 18.3 Å². The molecule has 0 aliphatic carbocycles. The molecule has 0 bridgehead atoms. The molecule has 0 radical (unpaired) electrons. The summed E-state index contributed by atoms with van der Waals surface area (Å²) in [5.41, 5.74) is 4.14. The van der Waals surface area contributed by atoms with E-state index in [9.17, 15) is 8.78 Å². The van der Waals surface area contributed by atoms with Gasteiger partial charge in [-0.3, -0.25) is 0 Å². The van der Waals surface area contributed by atoms with Crippen LogP contribution < -0.4 is 4.74 Å². The fourth-order valence-corrected chi connectivity index (χ4v) is 3.35. The molecule has 0 heterocycles. The highest BCUT2D eigenvalue weighted by molar-refractivity contribution is 5.78. The minimum Gasteiger partial charge on any atom is -0.489 e. The fourth-order valence-electron chi connectivity index (χ4n) is 3.35. The van der Waals surface area contributed by atoms with Gasteiger partial charge in [-0.2, -0.15) is 5.26 Å². The van der Waals surface area contributed by atoms with E-state index in [4.69, 9.17) is 15.4 Å². The Morgan fingerprint density at radius 3 is 1.94 bits per heavy atom. The van der Waals surface area contributed by atoms with E-state index in [2.05, 4.69) is 0 Å². The van der Waals surface area contributed by atoms with Crippen LogP contribution in [0.5, 0.6) is 5.75 Å². The summed E-state index contributed by atoms with van der Waals surface area (Å²) in [6, 6.07) is 25.2. The number of ether oxygens (including phenoxy) is 1. The molecule has 0 aliphatic heterocycles. The van der Waals surface area contributed by atoms with Crippen LogP contribution in [0.2, 0.25) is 0 Å². The quantitative estimate of drug-likeness (QED) is 0.348. The summed E-state index contributed by atoms with van der Waals surface area (Å²) in [4.78, 5) is 0. The first-order valence-electron chi connectivity index (χ1n) is 9.89. The number of nitriles is 1. The Labute approximate surface area is 184 Å². The van der Waals surface area contributed by atoms with Crippen LogP contribution in [0.15, 0.2) is 84.9 Å². The fraction of sp³-hybridized carbons (Fsp3) is 0.0370. The van der Waals surface area contributed by atoms with Gasteiger partial charge in [0.25, 0.3) is 0 Å². The Bertz CT molecular complexity index is 1310. The Balaban J connectivity index is 1.46. The topological polar surface area (TPSA) is 56.9 Å². The number of benzene rings is 4. The Hall–Kier alpha value is -4.30. The highest BCUT2D eigenvalue weighted by Crippen LogP contribution is 2.28. The van der Waals surface area contributed by atoms with E-state index in [1.54, 1.807) is 72.8 Å². The van der Waals surface area contributed by atoms with Crippen molar-refractivity contribution in [2.75, 3.05) is 0 Å². The average molecular weight is 424 g/mol. The van der Waals surface area contributed by atoms with E-state index in [0.29, 0.717) is 33.6 Å². The monoisotopic (exact) mass is 424 g/mol. The number of nitrogens with one attached hydrogen (secondary N) is 1. The zero-order valence-electron chi connectivity index (χ0n) is 17.0. The molecule has 32 heavy (non-hydrogen) atoms. The van der Waals surface area contributed by atoms with Gasteiger partial charge in [-0.1, -0.05) is 48.5 Å². The predicted octanol–water partition coefficient (Wildman–Crippen LogP) is 6.75. The van der Waals surface area contributed by atoms with Gasteiger partial charge in [0.1, 0.15) is 24.0 Å². The number of nitrogens with zero attached hydrogens (tertiary/aromatic N) is 1. The van der Waals surface area contributed by atoms with Gasteiger partial charge in [0.2, 0.25) is 0 Å². The SMILES string of the molecule is N#Cc1ccc(-c2ccc(OCc3ccc(-c4ccc(C=N)cc4)c(F)c3)cc2F)cc1. The van der Waals surface area contributed by atoms with E-state index < -0.39 is 5.82 Å². The number of hydrogen-bond donors (Lipinski definition) is 1. The van der Waals surface area contributed by atoms with Crippen LogP contribution in [0.25, 0.3) is 22.3 Å². The van der Waals surface area contributed by atoms with Crippen molar-refractivity contribution in [3.8, 4) is 34.1 Å². The summed E-state index contributed by atoms with van der Waals surface area (Å²) in [6.45, 7) is 0.0968. The Morgan fingerprint density at radius 1 is 0.781 bits per heavy atom. The molecule has 0 aliphatic rings. The van der Waals surface area contributed by atoms with Gasteiger partial charge in [0, 0.05) is 23.4 Å². The average Bonchev–Trinajstić information content (AvgIpc) is 2.83. The van der Waals surface area contributed by atoms with Crippen LogP contribution in [-0.2, 0) is 6.61 Å². The first-order chi connectivity index (χ1) is 15.6. The molecule has 1 N–H and O–H groups in total. The maximum atomic E-state index is 14.6. The van der Waals surface area contributed by atoms with E-state index >= 15 is 0 Å². The third-order valence-electron chi connectivity index (χ3n) is 5.09. The molecule has 0 atom stereocenters. The van der Waals surface area contributed by atoms with Crippen molar-refractivity contribution >= 4 is 6.21 Å². The molecule has 4 rings (SSSR count). The summed E-state index contributed by atoms with van der Waals surface area (Å²) in [7, 11) is 0. The molecule has 0 spiro atoms. The lowest BCUT2D eigenvalue weighted by Gasteiger charge is -2.10. The van der Waals surface area contributed by atoms with Gasteiger partial charge in [-0.15, -0.1) is 0 Å². The number of halogens is 2. The van der Waals surface area contributed by atoms with Crippen molar-refractivity contribution in [3.05, 3.63) is 113 Å². The molecular weight excluding hydrogens is 406 g/mol. The lowest BCUT2D eigenvalue weighted by Crippen LogP contribution is -1.98. The van der Waals surface area contributed by atoms with Crippen molar-refractivity contribution in [2.24, 2.45) is 0 Å². The van der Waals surface area contributed by atoms with Gasteiger partial charge in [-0.25, -0.2) is 8.78 Å². The van der Waals surface area contributed by atoms with Crippen molar-refractivity contribution in [3.63, 3.8) is 0 Å². The second kappa shape index (κ2) is 9.23. The maximum Gasteiger partial charge on any atom is 0.134 e. The molecule has 0 saturated heterocycles. The predicted molar refractivity (Wildman–Crippen MR) is 121 cm³/mol. The summed E-state index contributed by atoms with van der Waals surface area (Å²) < 4.78 is 34.9. The summed E-state index contributed by atoms with van der Waals surface area (Å²) in [6.07, 6.45) is 1.24. The molecule has 0 unspecified atom stereocenters. The van der Waals surface area contributed by atoms with E-state index in [0.717, 1.165) is 11.1 Å². The highest BCUT2D eigenvalue weighted by Gasteiger charge is 2.09. The van der Waals surface area contributed by atoms with Gasteiger partial charge in [-0.05, 0) is 52.6 Å². The standard InChI is InChI=1S/C27H18F2N2O/c28-26-13-20(5-11-24(26)21-6-1-18(15-30)2-7-21)17-32-23-10-12-25(27(29)14-23)22-8-3-19(16-31)4-9-22/h1-15,30H,17H2. The molecule has 5 heteroatoms. The zero-order chi connectivity index (χ0) is 22.5. The van der Waals surface area contributed by atoms with Crippen molar-refractivity contribution in [2.45, 2.75) is 6.61 Å². The Kier molecular flexibility index (Phi) is 6.05. The molecule has 0 fully saturated rings. The number of rotatable bonds is 6. The third kappa shape index (κ3) is 4.55. The first kappa shape index (κ1) is 21.0. The van der Waals surface area contributed by atoms with Crippen LogP contribution >= 0.6 is 0 Å². The van der Waals surface area contributed by atoms with Gasteiger partial charge in [0.15, 0.2) is 0 Å². The molecule has 4 aromatic carbocycles. The van der Waals surface area contributed by atoms with Crippen LogP contribution in [0.1, 0.15) is 16.7 Å². The third-order valence-corrected chi connectivity index (χ3v) is 5.09. The normalized spacial score (nSPS) is 10.4. The maximum absolute atomic E-state index is 14.6. The van der Waals surface area contributed by atoms with Crippen LogP contribution in [0.3, 0.4) is 0 Å². The van der Waals surface area contributed by atoms with Crippen LogP contribution in [-0.4, -0.2) is 6.21 Å². The first-order valence-corrected chi connectivity index (χ1v) is 9.89. The summed E-state index contributed by atoms with van der Waals surface area (Å²) >= 11 is 0. The van der Waals surface area contributed by atoms with Gasteiger partial charge >= 0.3 is 0 Å². The smallest absolute Gasteiger partial charge is 0.134 e. The summed E-state index contributed by atoms with van der Waals surface area (Å²) in [5.74, 6) is -0.482. The zero-order valence-corrected chi connectivity index (χ0v) is 17.0. The molecule has 4 aromatic rings. The second-order valence-corrected chi connectivity index (χ2v) is 7.20. The molecule has 3 nitrogen and oxygen atoms in total. The van der Waals surface area contributed by atoms with E-state index in [1.807, 2.05) is 6.07 Å². The van der Waals surface area contributed by atoms with Crippen LogP contribution in [0, 0.1) is 28.4 Å². The molecule has 0 saturated carbocycles. The minimum atomic E-state index is -0.442. The van der Waals surface area contributed by atoms with E-state index in [-0.39, 0.29) is 12.4 Å². The number of hydrogen-bond acceptors (Lipinski definition) is 3.